The molecule has 1 fully saturated rings. The van der Waals surface area contributed by atoms with Crippen LogP contribution < -0.4 is 10.1 Å². The van der Waals surface area contributed by atoms with E-state index < -0.39 is 34.4 Å². The lowest BCUT2D eigenvalue weighted by Gasteiger charge is -2.11. The molecule has 2 rings (SSSR count). The van der Waals surface area contributed by atoms with E-state index in [1.54, 1.807) is 24.3 Å². The number of benzene rings is 1. The van der Waals surface area contributed by atoms with Gasteiger partial charge in [-0.25, -0.2) is 13.2 Å². The Morgan fingerprint density at radius 3 is 2.65 bits per heavy atom. The van der Waals surface area contributed by atoms with E-state index in [9.17, 15) is 18.0 Å². The van der Waals surface area contributed by atoms with Crippen LogP contribution in [0.2, 0.25) is 5.02 Å². The summed E-state index contributed by atoms with van der Waals surface area (Å²) in [6, 6.07) is 6.22. The van der Waals surface area contributed by atoms with Crippen molar-refractivity contribution in [3.8, 4) is 5.75 Å². The number of hydrogen-bond acceptors (Lipinski definition) is 6. The number of esters is 1. The molecule has 1 aliphatic heterocycles. The van der Waals surface area contributed by atoms with Crippen LogP contribution in [0.4, 0.5) is 0 Å². The first-order chi connectivity index (χ1) is 10.9. The minimum Gasteiger partial charge on any atom is -0.480 e. The summed E-state index contributed by atoms with van der Waals surface area (Å²) in [4.78, 5) is 23.1. The third-order valence-electron chi connectivity index (χ3n) is 3.14. The summed E-state index contributed by atoms with van der Waals surface area (Å²) in [5, 5.41) is 2.88. The van der Waals surface area contributed by atoms with E-state index in [1.807, 2.05) is 0 Å². The van der Waals surface area contributed by atoms with Crippen LogP contribution in [0.3, 0.4) is 0 Å². The van der Waals surface area contributed by atoms with Crippen molar-refractivity contribution < 1.29 is 27.5 Å². The second-order valence-corrected chi connectivity index (χ2v) is 7.68. The number of rotatable bonds is 6. The Bertz CT molecular complexity index is 690. The Morgan fingerprint density at radius 2 is 2.00 bits per heavy atom. The fourth-order valence-corrected chi connectivity index (χ4v) is 3.93. The second-order valence-electron chi connectivity index (χ2n) is 5.05. The minimum atomic E-state index is -3.07. The number of sulfone groups is 1. The first kappa shape index (κ1) is 17.6. The molecule has 0 saturated carbocycles. The van der Waals surface area contributed by atoms with Crippen LogP contribution in [-0.4, -0.2) is 51.1 Å². The zero-order valence-electron chi connectivity index (χ0n) is 12.2. The molecule has 0 bridgehead atoms. The lowest BCUT2D eigenvalue weighted by Crippen LogP contribution is -2.38. The Morgan fingerprint density at radius 1 is 1.26 bits per heavy atom. The van der Waals surface area contributed by atoms with Gasteiger partial charge in [-0.1, -0.05) is 23.7 Å². The van der Waals surface area contributed by atoms with Gasteiger partial charge >= 0.3 is 5.97 Å². The standard InChI is InChI=1S/C14H16ClNO6S/c15-11-3-1-2-4-12(11)21-8-14(18)22-7-13(17)16-10-5-6-23(19,20)9-10/h1-4,10H,5-9H2,(H,16,17)/t10-/m1/s1. The van der Waals surface area contributed by atoms with Crippen molar-refractivity contribution in [2.45, 2.75) is 12.5 Å². The molecule has 23 heavy (non-hydrogen) atoms. The second kappa shape index (κ2) is 7.65. The highest BCUT2D eigenvalue weighted by atomic mass is 35.5. The Balaban J connectivity index is 1.68. The number of hydrogen-bond donors (Lipinski definition) is 1. The van der Waals surface area contributed by atoms with Gasteiger partial charge < -0.3 is 14.8 Å². The van der Waals surface area contributed by atoms with Gasteiger partial charge in [-0.05, 0) is 18.6 Å². The Hall–Kier alpha value is -1.80. The number of carbonyl (C=O) groups is 2. The number of amides is 1. The molecule has 1 aromatic rings. The monoisotopic (exact) mass is 361 g/mol. The topological polar surface area (TPSA) is 98.8 Å². The summed E-state index contributed by atoms with van der Waals surface area (Å²) < 4.78 is 32.5. The van der Waals surface area contributed by atoms with E-state index >= 15 is 0 Å². The van der Waals surface area contributed by atoms with Gasteiger partial charge in [-0.3, -0.25) is 4.79 Å². The van der Waals surface area contributed by atoms with Gasteiger partial charge in [0.25, 0.3) is 5.91 Å². The number of ether oxygens (including phenoxy) is 2. The molecule has 1 saturated heterocycles. The summed E-state index contributed by atoms with van der Waals surface area (Å²) in [6.45, 7) is -0.865. The van der Waals surface area contributed by atoms with Gasteiger partial charge in [0.1, 0.15) is 5.75 Å². The zero-order chi connectivity index (χ0) is 16.9. The minimum absolute atomic E-state index is 0.0589. The average molecular weight is 362 g/mol. The molecule has 0 spiro atoms. The van der Waals surface area contributed by atoms with Gasteiger partial charge in [0, 0.05) is 6.04 Å². The summed E-state index contributed by atoms with van der Waals surface area (Å²) in [7, 11) is -3.07. The predicted octanol–water partition coefficient (Wildman–Crippen LogP) is 0.565. The van der Waals surface area contributed by atoms with E-state index in [2.05, 4.69) is 5.32 Å². The van der Waals surface area contributed by atoms with E-state index in [0.29, 0.717) is 17.2 Å². The molecule has 0 aromatic heterocycles. The van der Waals surface area contributed by atoms with Crippen LogP contribution in [0.25, 0.3) is 0 Å². The quantitative estimate of drug-likeness (QED) is 0.743. The maximum absolute atomic E-state index is 11.6. The lowest BCUT2D eigenvalue weighted by molar-refractivity contribution is -0.150. The summed E-state index contributed by atoms with van der Waals surface area (Å²) in [5.41, 5.74) is 0. The van der Waals surface area contributed by atoms with Crippen molar-refractivity contribution in [1.82, 2.24) is 5.32 Å². The van der Waals surface area contributed by atoms with Crippen molar-refractivity contribution in [3.05, 3.63) is 29.3 Å². The molecule has 1 aliphatic rings. The maximum atomic E-state index is 11.6. The number of para-hydroxylation sites is 1. The van der Waals surface area contributed by atoms with Gasteiger partial charge in [0.2, 0.25) is 0 Å². The molecule has 1 atom stereocenters. The molecule has 0 radical (unpaired) electrons. The first-order valence-electron chi connectivity index (χ1n) is 6.88. The highest BCUT2D eigenvalue weighted by molar-refractivity contribution is 7.91. The molecule has 1 amide bonds. The molecular formula is C14H16ClNO6S. The smallest absolute Gasteiger partial charge is 0.344 e. The van der Waals surface area contributed by atoms with Crippen LogP contribution in [0.5, 0.6) is 5.75 Å². The molecule has 1 aromatic carbocycles. The van der Waals surface area contributed by atoms with Crippen molar-refractivity contribution in [2.24, 2.45) is 0 Å². The van der Waals surface area contributed by atoms with Gasteiger partial charge in [0.05, 0.1) is 16.5 Å². The van der Waals surface area contributed by atoms with Crippen molar-refractivity contribution >= 4 is 33.3 Å². The van der Waals surface area contributed by atoms with E-state index in [0.717, 1.165) is 0 Å². The van der Waals surface area contributed by atoms with Crippen LogP contribution in [-0.2, 0) is 24.2 Å². The molecule has 0 unspecified atom stereocenters. The van der Waals surface area contributed by atoms with Crippen molar-refractivity contribution in [1.29, 1.82) is 0 Å². The number of halogens is 1. The maximum Gasteiger partial charge on any atom is 0.344 e. The molecule has 0 aliphatic carbocycles. The van der Waals surface area contributed by atoms with Crippen LogP contribution in [0.1, 0.15) is 6.42 Å². The van der Waals surface area contributed by atoms with Crippen LogP contribution >= 0.6 is 11.6 Å². The van der Waals surface area contributed by atoms with Crippen molar-refractivity contribution in [3.63, 3.8) is 0 Å². The molecular weight excluding hydrogens is 346 g/mol. The molecule has 9 heteroatoms. The molecule has 126 valence electrons. The van der Waals surface area contributed by atoms with Gasteiger partial charge in [-0.2, -0.15) is 0 Å². The largest absolute Gasteiger partial charge is 0.480 e. The number of carbonyl (C=O) groups excluding carboxylic acids is 2. The Kier molecular flexibility index (Phi) is 5.84. The van der Waals surface area contributed by atoms with Crippen LogP contribution in [0.15, 0.2) is 24.3 Å². The van der Waals surface area contributed by atoms with Gasteiger partial charge in [-0.15, -0.1) is 0 Å². The SMILES string of the molecule is O=C(COC(=O)COc1ccccc1Cl)N[C@@H]1CCS(=O)(=O)C1. The fourth-order valence-electron chi connectivity index (χ4n) is 2.06. The average Bonchev–Trinajstić information content (AvgIpc) is 2.83. The fraction of sp³-hybridized carbons (Fsp3) is 0.429. The molecule has 7 nitrogen and oxygen atoms in total. The highest BCUT2D eigenvalue weighted by Gasteiger charge is 2.29. The van der Waals surface area contributed by atoms with E-state index in [-0.39, 0.29) is 18.1 Å². The summed E-state index contributed by atoms with van der Waals surface area (Å²) >= 11 is 5.86. The predicted molar refractivity (Wildman–Crippen MR) is 83.1 cm³/mol. The lowest BCUT2D eigenvalue weighted by atomic mass is 10.2. The Labute approximate surface area is 138 Å². The number of nitrogens with one attached hydrogen (secondary N) is 1. The zero-order valence-corrected chi connectivity index (χ0v) is 13.7. The van der Waals surface area contributed by atoms with E-state index in [4.69, 9.17) is 21.1 Å². The normalized spacial score (nSPS) is 19.1. The third-order valence-corrected chi connectivity index (χ3v) is 5.22. The summed E-state index contributed by atoms with van der Waals surface area (Å²) in [6.07, 6.45) is 0.373. The van der Waals surface area contributed by atoms with E-state index in [1.165, 1.54) is 0 Å². The highest BCUT2D eigenvalue weighted by Crippen LogP contribution is 2.22. The van der Waals surface area contributed by atoms with Gasteiger partial charge in [0.15, 0.2) is 23.1 Å². The molecule has 1 heterocycles. The summed E-state index contributed by atoms with van der Waals surface area (Å²) in [5.74, 6) is -0.949. The third kappa shape index (κ3) is 5.72. The molecule has 1 N–H and O–H groups in total. The van der Waals surface area contributed by atoms with Crippen LogP contribution in [0, 0.1) is 0 Å². The first-order valence-corrected chi connectivity index (χ1v) is 9.08. The van der Waals surface area contributed by atoms with Crippen molar-refractivity contribution in [2.75, 3.05) is 24.7 Å².